The maximum absolute atomic E-state index is 11.3. The molecule has 0 saturated heterocycles. The summed E-state index contributed by atoms with van der Waals surface area (Å²) < 4.78 is 1.99. The van der Waals surface area contributed by atoms with E-state index in [0.717, 1.165) is 8.04 Å². The number of carbonyl (C=O) groups is 2. The first-order valence-electron chi connectivity index (χ1n) is 4.23. The fourth-order valence-electron chi connectivity index (χ4n) is 1.01. The second kappa shape index (κ2) is 5.60. The minimum Gasteiger partial charge on any atom is -0.326 e. The molecule has 0 atom stereocenters. The van der Waals surface area contributed by atoms with Crippen LogP contribution >= 0.6 is 38.5 Å². The zero-order valence-corrected chi connectivity index (χ0v) is 11.8. The molecule has 0 fully saturated rings. The van der Waals surface area contributed by atoms with Gasteiger partial charge in [0.25, 0.3) is 0 Å². The van der Waals surface area contributed by atoms with Crippen LogP contribution < -0.4 is 5.32 Å². The molecule has 80 valence electrons. The van der Waals surface area contributed by atoms with Gasteiger partial charge in [-0.1, -0.05) is 0 Å². The molecule has 0 saturated carbocycles. The molecule has 3 nitrogen and oxygen atoms in total. The molecule has 0 aromatic heterocycles. The molecule has 0 aliphatic heterocycles. The number of benzene rings is 1. The molecule has 1 N–H and O–H groups in total. The van der Waals surface area contributed by atoms with Gasteiger partial charge in [0, 0.05) is 13.7 Å². The van der Waals surface area contributed by atoms with Crippen LogP contribution in [0.2, 0.25) is 0 Å². The third kappa shape index (κ3) is 4.29. The second-order valence-corrected chi connectivity index (χ2v) is 5.07. The van der Waals surface area contributed by atoms with Gasteiger partial charge in [-0.25, -0.2) is 0 Å². The van der Waals surface area contributed by atoms with E-state index in [-0.39, 0.29) is 18.1 Å². The summed E-state index contributed by atoms with van der Waals surface area (Å²) in [6.45, 7) is 1.39. The lowest BCUT2D eigenvalue weighted by Crippen LogP contribution is -2.14. The maximum Gasteiger partial charge on any atom is 0.231 e. The van der Waals surface area contributed by atoms with Crippen LogP contribution in [0.25, 0.3) is 0 Å². The predicted molar refractivity (Wildman–Crippen MR) is 70.8 cm³/mol. The van der Waals surface area contributed by atoms with Crippen LogP contribution in [-0.4, -0.2) is 11.7 Å². The Morgan fingerprint density at radius 3 is 2.67 bits per heavy atom. The van der Waals surface area contributed by atoms with Crippen LogP contribution in [0, 0.1) is 3.57 Å². The Labute approximate surface area is 110 Å². The second-order valence-electron chi connectivity index (χ2n) is 3.06. The Morgan fingerprint density at radius 2 is 2.13 bits per heavy atom. The number of nitrogens with one attached hydrogen (secondary N) is 1. The Balaban J connectivity index is 2.69. The highest BCUT2D eigenvalue weighted by atomic mass is 127. The number of rotatable bonds is 3. The van der Waals surface area contributed by atoms with Gasteiger partial charge in [-0.3, -0.25) is 9.59 Å². The first-order chi connectivity index (χ1) is 6.99. The number of carbonyl (C=O) groups excluding carboxylic acids is 2. The lowest BCUT2D eigenvalue weighted by molar-refractivity contribution is -0.124. The minimum atomic E-state index is -0.282. The molecule has 1 aromatic rings. The van der Waals surface area contributed by atoms with Crippen molar-refractivity contribution >= 4 is 55.9 Å². The summed E-state index contributed by atoms with van der Waals surface area (Å²) in [6.07, 6.45) is -0.0798. The van der Waals surface area contributed by atoms with E-state index in [9.17, 15) is 9.59 Å². The Hall–Kier alpha value is -0.430. The number of Topliss-reactive ketones (excluding diaryl/α,β-unsaturated/α-hetero) is 1. The van der Waals surface area contributed by atoms with Gasteiger partial charge in [-0.15, -0.1) is 0 Å². The smallest absolute Gasteiger partial charge is 0.231 e. The predicted octanol–water partition coefficient (Wildman–Crippen LogP) is 2.97. The van der Waals surface area contributed by atoms with Crippen molar-refractivity contribution in [1.82, 2.24) is 0 Å². The molecule has 0 heterocycles. The number of amides is 1. The molecular formula is C10H9BrINO2. The molecule has 0 bridgehead atoms. The summed E-state index contributed by atoms with van der Waals surface area (Å²) in [7, 11) is 0. The fraction of sp³-hybridized carbons (Fsp3) is 0.200. The van der Waals surface area contributed by atoms with Crippen molar-refractivity contribution in [3.05, 3.63) is 26.2 Å². The van der Waals surface area contributed by atoms with E-state index in [1.54, 1.807) is 12.1 Å². The maximum atomic E-state index is 11.3. The Bertz CT molecular complexity index is 406. The van der Waals surface area contributed by atoms with Crippen molar-refractivity contribution in [2.75, 3.05) is 5.32 Å². The molecule has 0 radical (unpaired) electrons. The first kappa shape index (κ1) is 12.6. The average molecular weight is 382 g/mol. The normalized spacial score (nSPS) is 9.80. The molecule has 0 spiro atoms. The monoisotopic (exact) mass is 381 g/mol. The third-order valence-corrected chi connectivity index (χ3v) is 3.95. The summed E-state index contributed by atoms with van der Waals surface area (Å²) in [6, 6.07) is 5.48. The van der Waals surface area contributed by atoms with Crippen molar-refractivity contribution in [1.29, 1.82) is 0 Å². The average Bonchev–Trinajstić information content (AvgIpc) is 2.10. The first-order valence-corrected chi connectivity index (χ1v) is 6.10. The molecule has 15 heavy (non-hydrogen) atoms. The molecule has 1 rings (SSSR count). The van der Waals surface area contributed by atoms with Crippen molar-refractivity contribution < 1.29 is 9.59 Å². The Morgan fingerprint density at radius 1 is 1.47 bits per heavy atom. The highest BCUT2D eigenvalue weighted by Gasteiger charge is 2.06. The van der Waals surface area contributed by atoms with Crippen LogP contribution in [0.5, 0.6) is 0 Å². The lowest BCUT2D eigenvalue weighted by atomic mass is 10.2. The summed E-state index contributed by atoms with van der Waals surface area (Å²) >= 11 is 5.54. The van der Waals surface area contributed by atoms with E-state index >= 15 is 0 Å². The van der Waals surface area contributed by atoms with Crippen LogP contribution in [0.1, 0.15) is 13.3 Å². The van der Waals surface area contributed by atoms with E-state index in [4.69, 9.17) is 0 Å². The van der Waals surface area contributed by atoms with Gasteiger partial charge in [0.15, 0.2) is 0 Å². The molecular weight excluding hydrogens is 373 g/mol. The summed E-state index contributed by atoms with van der Waals surface area (Å²) in [5, 5.41) is 2.65. The number of hydrogen-bond donors (Lipinski definition) is 1. The van der Waals surface area contributed by atoms with Crippen molar-refractivity contribution in [3.63, 3.8) is 0 Å². The zero-order chi connectivity index (χ0) is 11.4. The molecule has 0 aliphatic rings. The zero-order valence-electron chi connectivity index (χ0n) is 8.01. The molecule has 5 heteroatoms. The standard InChI is InChI=1S/C10H9BrINO2/c1-6(14)4-10(15)13-7-2-3-9(12)8(11)5-7/h2-3,5H,4H2,1H3,(H,13,15). The van der Waals surface area contributed by atoms with E-state index in [0.29, 0.717) is 5.69 Å². The van der Waals surface area contributed by atoms with Gasteiger partial charge < -0.3 is 5.32 Å². The number of anilines is 1. The van der Waals surface area contributed by atoms with Gasteiger partial charge in [0.1, 0.15) is 5.78 Å². The molecule has 0 unspecified atom stereocenters. The van der Waals surface area contributed by atoms with Gasteiger partial charge in [0.2, 0.25) is 5.91 Å². The van der Waals surface area contributed by atoms with E-state index in [1.165, 1.54) is 6.92 Å². The van der Waals surface area contributed by atoms with Gasteiger partial charge in [-0.05, 0) is 63.6 Å². The van der Waals surface area contributed by atoms with E-state index < -0.39 is 0 Å². The summed E-state index contributed by atoms with van der Waals surface area (Å²) in [4.78, 5) is 22.0. The van der Waals surface area contributed by atoms with Crippen LogP contribution in [0.3, 0.4) is 0 Å². The van der Waals surface area contributed by atoms with Crippen molar-refractivity contribution in [2.45, 2.75) is 13.3 Å². The highest BCUT2D eigenvalue weighted by molar-refractivity contribution is 14.1. The molecule has 1 amide bonds. The van der Waals surface area contributed by atoms with Crippen LogP contribution in [0.4, 0.5) is 5.69 Å². The number of halogens is 2. The van der Waals surface area contributed by atoms with E-state index in [1.807, 2.05) is 6.07 Å². The minimum absolute atomic E-state index is 0.0798. The SMILES string of the molecule is CC(=O)CC(=O)Nc1ccc(I)c(Br)c1. The van der Waals surface area contributed by atoms with Crippen LogP contribution in [0.15, 0.2) is 22.7 Å². The highest BCUT2D eigenvalue weighted by Crippen LogP contribution is 2.22. The quantitative estimate of drug-likeness (QED) is 0.646. The number of hydrogen-bond acceptors (Lipinski definition) is 2. The third-order valence-electron chi connectivity index (χ3n) is 1.61. The largest absolute Gasteiger partial charge is 0.326 e. The molecule has 1 aromatic carbocycles. The topological polar surface area (TPSA) is 46.2 Å². The van der Waals surface area contributed by atoms with Crippen LogP contribution in [-0.2, 0) is 9.59 Å². The van der Waals surface area contributed by atoms with Gasteiger partial charge >= 0.3 is 0 Å². The number of ketones is 1. The molecule has 0 aliphatic carbocycles. The summed E-state index contributed by atoms with van der Waals surface area (Å²) in [5.74, 6) is -0.423. The fourth-order valence-corrected chi connectivity index (χ4v) is 1.72. The Kier molecular flexibility index (Phi) is 4.72. The van der Waals surface area contributed by atoms with E-state index in [2.05, 4.69) is 43.8 Å². The van der Waals surface area contributed by atoms with Gasteiger partial charge in [-0.2, -0.15) is 0 Å². The lowest BCUT2D eigenvalue weighted by Gasteiger charge is -2.05. The van der Waals surface area contributed by atoms with Crippen molar-refractivity contribution in [2.24, 2.45) is 0 Å². The van der Waals surface area contributed by atoms with Crippen molar-refractivity contribution in [3.8, 4) is 0 Å². The van der Waals surface area contributed by atoms with Gasteiger partial charge in [0.05, 0.1) is 6.42 Å². The summed E-state index contributed by atoms with van der Waals surface area (Å²) in [5.41, 5.74) is 0.688.